The first-order valence-corrected chi connectivity index (χ1v) is 8.38. The Morgan fingerprint density at radius 1 is 0.667 bits per heavy atom. The number of rotatable bonds is 18. The maximum Gasteiger partial charge on any atom is 0.236 e. The SMILES string of the molecule is C.C.C.C.C.C=COCOCC(CO)(COCOC=C)COCOC=C.O=C=NCN=C=O.OCO. The third-order valence-corrected chi connectivity index (χ3v) is 2.64. The lowest BCUT2D eigenvalue weighted by atomic mass is 9.92. The number of hydrogen-bond donors (Lipinski definition) is 3. The van der Waals surface area contributed by atoms with Crippen molar-refractivity contribution in [2.75, 3.05) is 60.3 Å². The van der Waals surface area contributed by atoms with E-state index in [1.54, 1.807) is 0 Å². The molecule has 0 amide bonds. The Morgan fingerprint density at radius 3 is 1.14 bits per heavy atom. The van der Waals surface area contributed by atoms with Gasteiger partial charge in [-0.3, -0.25) is 0 Å². The van der Waals surface area contributed by atoms with E-state index in [0.29, 0.717) is 0 Å². The number of nitrogens with zero attached hydrogens (tertiary/aromatic N) is 2. The minimum atomic E-state index is -0.764. The minimum Gasteiger partial charge on any atom is -0.476 e. The zero-order chi connectivity index (χ0) is 24.1. The molecule has 0 bridgehead atoms. The third kappa shape index (κ3) is 44.8. The molecule has 0 aromatic rings. The predicted molar refractivity (Wildman–Crippen MR) is 140 cm³/mol. The predicted octanol–water partition coefficient (Wildman–Crippen LogP) is 3.09. The summed E-state index contributed by atoms with van der Waals surface area (Å²) in [6, 6.07) is 0. The van der Waals surface area contributed by atoms with Crippen molar-refractivity contribution in [3.63, 3.8) is 0 Å². The van der Waals surface area contributed by atoms with Gasteiger partial charge in [-0.15, -0.1) is 0 Å². The molecule has 13 nitrogen and oxygen atoms in total. The van der Waals surface area contributed by atoms with Crippen LogP contribution in [0.3, 0.4) is 0 Å². The van der Waals surface area contributed by atoms with Crippen molar-refractivity contribution < 1.29 is 53.3 Å². The van der Waals surface area contributed by atoms with Crippen LogP contribution < -0.4 is 0 Å². The van der Waals surface area contributed by atoms with Crippen LogP contribution in [0.15, 0.2) is 48.5 Å². The van der Waals surface area contributed by atoms with E-state index in [2.05, 4.69) is 29.7 Å². The average molecular weight is 531 g/mol. The zero-order valence-corrected chi connectivity index (χ0v) is 17.2. The smallest absolute Gasteiger partial charge is 0.236 e. The molecular weight excluding hydrogens is 480 g/mol. The van der Waals surface area contributed by atoms with E-state index in [4.69, 9.17) is 38.6 Å². The molecule has 0 heterocycles. The summed E-state index contributed by atoms with van der Waals surface area (Å²) in [5, 5.41) is 23.9. The monoisotopic (exact) mass is 530 g/mol. The highest BCUT2D eigenvalue weighted by Gasteiger charge is 2.31. The Kier molecular flexibility index (Phi) is 74.2. The number of aliphatic hydroxyl groups is 3. The summed E-state index contributed by atoms with van der Waals surface area (Å²) in [7, 11) is 0. The quantitative estimate of drug-likeness (QED) is 0.0780. The van der Waals surface area contributed by atoms with Gasteiger partial charge in [0.15, 0.2) is 27.0 Å². The summed E-state index contributed by atoms with van der Waals surface area (Å²) >= 11 is 0. The van der Waals surface area contributed by atoms with Gasteiger partial charge < -0.3 is 43.7 Å². The van der Waals surface area contributed by atoms with E-state index >= 15 is 0 Å². The molecule has 0 spiro atoms. The highest BCUT2D eigenvalue weighted by atomic mass is 16.7. The van der Waals surface area contributed by atoms with Crippen LogP contribution in [-0.4, -0.2) is 87.7 Å². The van der Waals surface area contributed by atoms with E-state index in [1.807, 2.05) is 0 Å². The molecule has 0 fully saturated rings. The molecule has 0 atom stereocenters. The number of ether oxygens (including phenoxy) is 6. The first-order chi connectivity index (χ1) is 15.1. The van der Waals surface area contributed by atoms with E-state index in [9.17, 15) is 14.7 Å². The van der Waals surface area contributed by atoms with E-state index in [0.717, 1.165) is 0 Å². The number of carbonyl (C=O) groups excluding carboxylic acids is 2. The van der Waals surface area contributed by atoms with Gasteiger partial charge in [0.2, 0.25) is 12.2 Å². The Hall–Kier alpha value is -2.86. The normalized spacial score (nSPS) is 7.86. The number of aliphatic imine (C=N–C) groups is 2. The fraction of sp³-hybridized carbons (Fsp3) is 0.652. The molecule has 0 saturated carbocycles. The number of aliphatic hydroxyl groups excluding tert-OH is 2. The molecular formula is C23H50N2O11. The highest BCUT2D eigenvalue weighted by molar-refractivity contribution is 5.35. The topological polar surface area (TPSA) is 175 Å². The second-order valence-electron chi connectivity index (χ2n) is 4.84. The summed E-state index contributed by atoms with van der Waals surface area (Å²) < 4.78 is 30.5. The van der Waals surface area contributed by atoms with Gasteiger partial charge in [-0.2, -0.15) is 9.98 Å². The summed E-state index contributed by atoms with van der Waals surface area (Å²) in [5.74, 6) is 0. The van der Waals surface area contributed by atoms with Crippen molar-refractivity contribution in [3.05, 3.63) is 38.5 Å². The van der Waals surface area contributed by atoms with E-state index < -0.39 is 12.2 Å². The van der Waals surface area contributed by atoms with Gasteiger partial charge in [0.1, 0.15) is 6.79 Å². The van der Waals surface area contributed by atoms with Crippen molar-refractivity contribution in [2.24, 2.45) is 15.4 Å². The number of isocyanates is 2. The van der Waals surface area contributed by atoms with Gasteiger partial charge in [0.05, 0.1) is 50.6 Å². The fourth-order valence-electron chi connectivity index (χ4n) is 1.42. The third-order valence-electron chi connectivity index (χ3n) is 2.64. The standard InChI is InChI=1S/C14H24O7.C3H2N2O2.CH4O2.5CH4/c1-4-16-11-19-8-14(7-15,9-20-12-17-5-2)10-21-13-18-6-3;6-2-4-1-5-3-7;2-1-3;;;;;/h4-6,15H,1-3,7-13H2;1H2;2-3H,1H2;5*1H4. The van der Waals surface area contributed by atoms with Crippen LogP contribution in [0.5, 0.6) is 0 Å². The largest absolute Gasteiger partial charge is 0.476 e. The molecule has 0 aromatic carbocycles. The molecule has 218 valence electrons. The maximum absolute atomic E-state index is 9.62. The van der Waals surface area contributed by atoms with E-state index in [-0.39, 0.29) is 90.6 Å². The Labute approximate surface area is 217 Å². The molecule has 0 aliphatic rings. The average Bonchev–Trinajstić information content (AvgIpc) is 2.78. The van der Waals surface area contributed by atoms with Gasteiger partial charge in [-0.25, -0.2) is 9.59 Å². The van der Waals surface area contributed by atoms with Crippen LogP contribution >= 0.6 is 0 Å². The Balaban J connectivity index is -0.0000000747. The second-order valence-corrected chi connectivity index (χ2v) is 4.84. The van der Waals surface area contributed by atoms with Gasteiger partial charge in [-0.1, -0.05) is 56.9 Å². The Morgan fingerprint density at radius 2 is 0.944 bits per heavy atom. The summed E-state index contributed by atoms with van der Waals surface area (Å²) in [4.78, 5) is 24.2. The zero-order valence-electron chi connectivity index (χ0n) is 17.2. The van der Waals surface area contributed by atoms with Crippen LogP contribution in [-0.2, 0) is 38.0 Å². The summed E-state index contributed by atoms with van der Waals surface area (Å²) in [6.07, 6.45) is 6.21. The first-order valence-electron chi connectivity index (χ1n) is 8.38. The lowest BCUT2D eigenvalue weighted by Crippen LogP contribution is -2.41. The van der Waals surface area contributed by atoms with Crippen molar-refractivity contribution in [1.29, 1.82) is 0 Å². The van der Waals surface area contributed by atoms with Crippen LogP contribution in [0.4, 0.5) is 0 Å². The van der Waals surface area contributed by atoms with Crippen molar-refractivity contribution in [1.82, 2.24) is 0 Å². The maximum atomic E-state index is 9.62. The molecule has 36 heavy (non-hydrogen) atoms. The summed E-state index contributed by atoms with van der Waals surface area (Å²) in [6.45, 7) is 9.67. The molecule has 0 aromatic heterocycles. The van der Waals surface area contributed by atoms with Crippen LogP contribution in [0, 0.1) is 5.41 Å². The minimum absolute atomic E-state index is 0. The van der Waals surface area contributed by atoms with Crippen molar-refractivity contribution >= 4 is 12.2 Å². The first kappa shape index (κ1) is 54.2. The van der Waals surface area contributed by atoms with Crippen molar-refractivity contribution in [2.45, 2.75) is 37.1 Å². The van der Waals surface area contributed by atoms with E-state index in [1.165, 1.54) is 30.9 Å². The van der Waals surface area contributed by atoms with Crippen molar-refractivity contribution in [3.8, 4) is 0 Å². The fourth-order valence-corrected chi connectivity index (χ4v) is 1.42. The second kappa shape index (κ2) is 49.3. The van der Waals surface area contributed by atoms with Gasteiger partial charge in [-0.05, 0) is 0 Å². The molecule has 0 radical (unpaired) electrons. The molecule has 0 unspecified atom stereocenters. The lowest BCUT2D eigenvalue weighted by molar-refractivity contribution is -0.149. The van der Waals surface area contributed by atoms with Crippen LogP contribution in [0.2, 0.25) is 0 Å². The van der Waals surface area contributed by atoms with Gasteiger partial charge in [0, 0.05) is 0 Å². The van der Waals surface area contributed by atoms with Gasteiger partial charge >= 0.3 is 0 Å². The van der Waals surface area contributed by atoms with Gasteiger partial charge in [0.25, 0.3) is 0 Å². The number of hydrogen-bond acceptors (Lipinski definition) is 13. The molecule has 0 aliphatic carbocycles. The Bertz CT molecular complexity index is 465. The van der Waals surface area contributed by atoms with Crippen LogP contribution in [0.25, 0.3) is 0 Å². The lowest BCUT2D eigenvalue weighted by Gasteiger charge is -2.30. The summed E-state index contributed by atoms with van der Waals surface area (Å²) in [5.41, 5.74) is -0.764. The molecule has 0 saturated heterocycles. The highest BCUT2D eigenvalue weighted by Crippen LogP contribution is 2.19. The molecule has 0 rings (SSSR count). The molecule has 13 heteroatoms. The molecule has 0 aliphatic heterocycles. The molecule has 3 N–H and O–H groups in total. The van der Waals surface area contributed by atoms with Crippen LogP contribution in [0.1, 0.15) is 37.1 Å².